The second kappa shape index (κ2) is 5.52. The van der Waals surface area contributed by atoms with Crippen molar-refractivity contribution in [3.8, 4) is 0 Å². The molecule has 0 saturated carbocycles. The molecule has 0 saturated heterocycles. The average Bonchev–Trinajstić information content (AvgIpc) is 2.39. The maximum atomic E-state index is 11.1. The van der Waals surface area contributed by atoms with Gasteiger partial charge in [-0.25, -0.2) is 13.6 Å². The largest absolute Gasteiger partial charge is 0.388 e. The maximum Gasteiger partial charge on any atom is 0.238 e. The Hall–Kier alpha value is -1.69. The summed E-state index contributed by atoms with van der Waals surface area (Å²) in [5, 5.41) is 15.1. The van der Waals surface area contributed by atoms with Crippen LogP contribution in [-0.4, -0.2) is 13.5 Å². The number of primary sulfonamides is 1. The number of nitrogens with two attached hydrogens (primary N) is 1. The number of sulfonamides is 1. The highest BCUT2D eigenvalue weighted by molar-refractivity contribution is 7.89. The summed E-state index contributed by atoms with van der Waals surface area (Å²) in [6.07, 6.45) is -0.184. The predicted molar refractivity (Wildman–Crippen MR) is 72.9 cm³/mol. The van der Waals surface area contributed by atoms with E-state index < -0.39 is 16.1 Å². The average molecular weight is 277 g/mol. The van der Waals surface area contributed by atoms with Crippen molar-refractivity contribution in [2.45, 2.75) is 17.4 Å². The topological polar surface area (TPSA) is 80.4 Å². The Morgan fingerprint density at radius 3 is 2.11 bits per heavy atom. The van der Waals surface area contributed by atoms with Gasteiger partial charge in [-0.2, -0.15) is 0 Å². The van der Waals surface area contributed by atoms with Crippen LogP contribution in [0.25, 0.3) is 0 Å². The van der Waals surface area contributed by atoms with E-state index >= 15 is 0 Å². The van der Waals surface area contributed by atoms with E-state index in [0.717, 1.165) is 11.1 Å². The minimum Gasteiger partial charge on any atom is -0.388 e. The van der Waals surface area contributed by atoms with Crippen molar-refractivity contribution in [2.24, 2.45) is 5.14 Å². The molecule has 0 spiro atoms. The highest BCUT2D eigenvalue weighted by Crippen LogP contribution is 2.18. The number of rotatable bonds is 4. The Morgan fingerprint density at radius 1 is 1.00 bits per heavy atom. The van der Waals surface area contributed by atoms with Crippen LogP contribution in [0.15, 0.2) is 59.5 Å². The van der Waals surface area contributed by atoms with Crippen molar-refractivity contribution in [1.82, 2.24) is 0 Å². The lowest BCUT2D eigenvalue weighted by Gasteiger charge is -2.11. The molecule has 0 bridgehead atoms. The molecular formula is C14H15NO3S. The molecule has 1 atom stereocenters. The Bertz CT molecular complexity index is 636. The molecule has 0 fully saturated rings. The maximum absolute atomic E-state index is 11.1. The SMILES string of the molecule is NS(=O)(=O)c1ccc(CC(O)c2ccccc2)cc1. The van der Waals surface area contributed by atoms with Gasteiger partial charge in [-0.3, -0.25) is 0 Å². The molecule has 0 amide bonds. The fraction of sp³-hybridized carbons (Fsp3) is 0.143. The standard InChI is InChI=1S/C14H15NO3S/c15-19(17,18)13-8-6-11(7-9-13)10-14(16)12-4-2-1-3-5-12/h1-9,14,16H,10H2,(H2,15,17,18). The first-order valence-electron chi connectivity index (χ1n) is 5.81. The van der Waals surface area contributed by atoms with Crippen molar-refractivity contribution in [3.63, 3.8) is 0 Å². The molecule has 5 heteroatoms. The van der Waals surface area contributed by atoms with Gasteiger partial charge in [-0.15, -0.1) is 0 Å². The molecule has 0 aromatic heterocycles. The normalized spacial score (nSPS) is 13.2. The molecular weight excluding hydrogens is 262 g/mol. The van der Waals surface area contributed by atoms with Crippen molar-refractivity contribution in [2.75, 3.05) is 0 Å². The highest BCUT2D eigenvalue weighted by atomic mass is 32.2. The fourth-order valence-electron chi connectivity index (χ4n) is 1.83. The van der Waals surface area contributed by atoms with E-state index in [1.807, 2.05) is 30.3 Å². The summed E-state index contributed by atoms with van der Waals surface area (Å²) in [6, 6.07) is 15.5. The van der Waals surface area contributed by atoms with Crippen LogP contribution in [0.1, 0.15) is 17.2 Å². The molecule has 0 aliphatic carbocycles. The molecule has 19 heavy (non-hydrogen) atoms. The van der Waals surface area contributed by atoms with E-state index in [2.05, 4.69) is 0 Å². The molecule has 1 unspecified atom stereocenters. The molecule has 3 N–H and O–H groups in total. The van der Waals surface area contributed by atoms with E-state index in [4.69, 9.17) is 5.14 Å². The zero-order valence-electron chi connectivity index (χ0n) is 10.2. The van der Waals surface area contributed by atoms with Gasteiger partial charge >= 0.3 is 0 Å². The third kappa shape index (κ3) is 3.64. The van der Waals surface area contributed by atoms with Gasteiger partial charge in [0.2, 0.25) is 10.0 Å². The fourth-order valence-corrected chi connectivity index (χ4v) is 2.35. The molecule has 4 nitrogen and oxygen atoms in total. The van der Waals surface area contributed by atoms with Gasteiger partial charge in [0.25, 0.3) is 0 Å². The van der Waals surface area contributed by atoms with E-state index in [1.165, 1.54) is 12.1 Å². The Balaban J connectivity index is 2.12. The van der Waals surface area contributed by atoms with E-state index in [9.17, 15) is 13.5 Å². The summed E-state index contributed by atoms with van der Waals surface area (Å²) in [5.41, 5.74) is 1.68. The Labute approximate surface area is 112 Å². The summed E-state index contributed by atoms with van der Waals surface area (Å²) in [6.45, 7) is 0. The lowest BCUT2D eigenvalue weighted by atomic mass is 10.0. The van der Waals surface area contributed by atoms with E-state index in [0.29, 0.717) is 6.42 Å². The molecule has 2 aromatic rings. The molecule has 0 heterocycles. The minimum atomic E-state index is -3.66. The monoisotopic (exact) mass is 277 g/mol. The summed E-state index contributed by atoms with van der Waals surface area (Å²) in [5.74, 6) is 0. The summed E-state index contributed by atoms with van der Waals surface area (Å²) < 4.78 is 22.2. The molecule has 2 aromatic carbocycles. The van der Waals surface area contributed by atoms with Gasteiger partial charge in [0.15, 0.2) is 0 Å². The molecule has 0 aliphatic heterocycles. The van der Waals surface area contributed by atoms with Crippen LogP contribution in [-0.2, 0) is 16.4 Å². The first-order chi connectivity index (χ1) is 8.97. The quantitative estimate of drug-likeness (QED) is 0.891. The number of benzene rings is 2. The van der Waals surface area contributed by atoms with Gasteiger partial charge in [0.1, 0.15) is 0 Å². The van der Waals surface area contributed by atoms with Crippen LogP contribution < -0.4 is 5.14 Å². The number of aliphatic hydroxyl groups excluding tert-OH is 1. The van der Waals surface area contributed by atoms with Crippen molar-refractivity contribution in [1.29, 1.82) is 0 Å². The third-order valence-corrected chi connectivity index (χ3v) is 3.79. The van der Waals surface area contributed by atoms with Crippen LogP contribution in [0.5, 0.6) is 0 Å². The highest BCUT2D eigenvalue weighted by Gasteiger charge is 2.10. The predicted octanol–water partition coefficient (Wildman–Crippen LogP) is 1.61. The van der Waals surface area contributed by atoms with Crippen LogP contribution in [0.3, 0.4) is 0 Å². The molecule has 2 rings (SSSR count). The van der Waals surface area contributed by atoms with Gasteiger partial charge in [-0.1, -0.05) is 42.5 Å². The zero-order chi connectivity index (χ0) is 13.9. The Kier molecular flexibility index (Phi) is 3.99. The van der Waals surface area contributed by atoms with Gasteiger partial charge in [0.05, 0.1) is 11.0 Å². The number of hydrogen-bond acceptors (Lipinski definition) is 3. The van der Waals surface area contributed by atoms with Gasteiger partial charge in [-0.05, 0) is 23.3 Å². The van der Waals surface area contributed by atoms with Crippen LogP contribution in [0.4, 0.5) is 0 Å². The second-order valence-electron chi connectivity index (χ2n) is 4.32. The lowest BCUT2D eigenvalue weighted by Crippen LogP contribution is -2.12. The zero-order valence-corrected chi connectivity index (χ0v) is 11.0. The summed E-state index contributed by atoms with van der Waals surface area (Å²) >= 11 is 0. The van der Waals surface area contributed by atoms with Crippen molar-refractivity contribution in [3.05, 3.63) is 65.7 Å². The van der Waals surface area contributed by atoms with Crippen molar-refractivity contribution < 1.29 is 13.5 Å². The van der Waals surface area contributed by atoms with Crippen LogP contribution in [0, 0.1) is 0 Å². The molecule has 0 aliphatic rings. The summed E-state index contributed by atoms with van der Waals surface area (Å²) in [7, 11) is -3.66. The van der Waals surface area contributed by atoms with Crippen LogP contribution >= 0.6 is 0 Å². The first kappa shape index (κ1) is 13.7. The van der Waals surface area contributed by atoms with E-state index in [1.54, 1.807) is 12.1 Å². The molecule has 0 radical (unpaired) electrons. The first-order valence-corrected chi connectivity index (χ1v) is 7.36. The van der Waals surface area contributed by atoms with Gasteiger partial charge < -0.3 is 5.11 Å². The summed E-state index contributed by atoms with van der Waals surface area (Å²) in [4.78, 5) is 0.0745. The smallest absolute Gasteiger partial charge is 0.238 e. The molecule has 100 valence electrons. The van der Waals surface area contributed by atoms with Gasteiger partial charge in [0, 0.05) is 6.42 Å². The number of hydrogen-bond donors (Lipinski definition) is 2. The number of aliphatic hydroxyl groups is 1. The third-order valence-electron chi connectivity index (χ3n) is 2.87. The van der Waals surface area contributed by atoms with Crippen LogP contribution in [0.2, 0.25) is 0 Å². The minimum absolute atomic E-state index is 0.0745. The lowest BCUT2D eigenvalue weighted by molar-refractivity contribution is 0.178. The Morgan fingerprint density at radius 2 is 1.58 bits per heavy atom. The van der Waals surface area contributed by atoms with E-state index in [-0.39, 0.29) is 4.90 Å². The van der Waals surface area contributed by atoms with Crippen molar-refractivity contribution >= 4 is 10.0 Å². The second-order valence-corrected chi connectivity index (χ2v) is 5.88.